The van der Waals surface area contributed by atoms with Crippen LogP contribution >= 0.6 is 0 Å². The second-order valence-electron chi connectivity index (χ2n) is 2.95. The summed E-state index contributed by atoms with van der Waals surface area (Å²) in [7, 11) is 0. The van der Waals surface area contributed by atoms with Gasteiger partial charge in [-0.25, -0.2) is 0 Å². The van der Waals surface area contributed by atoms with Gasteiger partial charge in [0.05, 0.1) is 0 Å². The monoisotopic (exact) mass is 146 g/mol. The van der Waals surface area contributed by atoms with E-state index in [2.05, 4.69) is 38.2 Å². The van der Waals surface area contributed by atoms with E-state index >= 15 is 0 Å². The molecule has 0 nitrogen and oxygen atoms in total. The van der Waals surface area contributed by atoms with Crippen molar-refractivity contribution in [2.75, 3.05) is 0 Å². The van der Waals surface area contributed by atoms with Gasteiger partial charge in [0, 0.05) is 0 Å². The summed E-state index contributed by atoms with van der Waals surface area (Å²) >= 11 is 0. The minimum atomic E-state index is 0.613. The average Bonchev–Trinajstić information content (AvgIpc) is 1.84. The average molecular weight is 146 g/mol. The predicted octanol–water partition coefficient (Wildman–Crippen LogP) is 3.25. The lowest BCUT2D eigenvalue weighted by atomic mass is 10.0. The Bertz CT molecular complexity index is 224. The van der Waals surface area contributed by atoms with Gasteiger partial charge in [-0.1, -0.05) is 56.4 Å². The van der Waals surface area contributed by atoms with Crippen LogP contribution in [0.3, 0.4) is 0 Å². The van der Waals surface area contributed by atoms with Crippen molar-refractivity contribution in [1.82, 2.24) is 0 Å². The fourth-order valence-corrected chi connectivity index (χ4v) is 0.966. The second-order valence-corrected chi connectivity index (χ2v) is 2.95. The number of hydrogen-bond donors (Lipinski definition) is 0. The lowest BCUT2D eigenvalue weighted by molar-refractivity contribution is 0.791. The molecule has 1 aliphatic carbocycles. The highest BCUT2D eigenvalue weighted by atomic mass is 14.0. The highest BCUT2D eigenvalue weighted by Crippen LogP contribution is 2.12. The highest BCUT2D eigenvalue weighted by molar-refractivity contribution is 5.31. The van der Waals surface area contributed by atoms with Gasteiger partial charge in [-0.2, -0.15) is 0 Å². The molecule has 0 heteroatoms. The molecule has 0 saturated carbocycles. The van der Waals surface area contributed by atoms with Gasteiger partial charge in [0.1, 0.15) is 0 Å². The Labute approximate surface area is 68.6 Å². The lowest BCUT2D eigenvalue weighted by Gasteiger charge is -2.04. The molecule has 0 radical (unpaired) electrons. The molecule has 0 N–H and O–H groups in total. The summed E-state index contributed by atoms with van der Waals surface area (Å²) in [5, 5.41) is 0. The van der Waals surface area contributed by atoms with Crippen LogP contribution in [0.5, 0.6) is 0 Å². The van der Waals surface area contributed by atoms with Crippen molar-refractivity contribution in [1.29, 1.82) is 0 Å². The van der Waals surface area contributed by atoms with Crippen molar-refractivity contribution < 1.29 is 0 Å². The first-order valence-electron chi connectivity index (χ1n) is 4.02. The molecule has 1 aliphatic rings. The third-order valence-electron chi connectivity index (χ3n) is 1.69. The summed E-state index contributed by atoms with van der Waals surface area (Å²) in [5.41, 5.74) is 1.38. The molecule has 0 fully saturated rings. The molecule has 0 aromatic heterocycles. The second kappa shape index (κ2) is 3.97. The summed E-state index contributed by atoms with van der Waals surface area (Å²) in [5.74, 6) is 0.613. The van der Waals surface area contributed by atoms with E-state index < -0.39 is 0 Å². The molecule has 0 saturated heterocycles. The third kappa shape index (κ3) is 2.58. The van der Waals surface area contributed by atoms with Crippen LogP contribution in [0.15, 0.2) is 48.1 Å². The highest BCUT2D eigenvalue weighted by Gasteiger charge is 1.96. The largest absolute Gasteiger partial charge is 0.0623 e. The van der Waals surface area contributed by atoms with Crippen LogP contribution in [0.2, 0.25) is 0 Å². The molecule has 0 atom stereocenters. The summed E-state index contributed by atoms with van der Waals surface area (Å²) in [6.07, 6.45) is 14.6. The normalized spacial score (nSPS) is 29.9. The van der Waals surface area contributed by atoms with Gasteiger partial charge in [0.2, 0.25) is 0 Å². The lowest BCUT2D eigenvalue weighted by Crippen LogP contribution is -1.89. The molecule has 1 rings (SSSR count). The Morgan fingerprint density at radius 3 is 2.27 bits per heavy atom. The van der Waals surface area contributed by atoms with E-state index in [0.717, 1.165) is 0 Å². The molecule has 0 unspecified atom stereocenters. The third-order valence-corrected chi connectivity index (χ3v) is 1.69. The first kappa shape index (κ1) is 8.06. The van der Waals surface area contributed by atoms with E-state index in [0.29, 0.717) is 5.92 Å². The molecule has 0 aromatic carbocycles. The molecule has 0 amide bonds. The molecule has 0 aromatic rings. The van der Waals surface area contributed by atoms with Gasteiger partial charge >= 0.3 is 0 Å². The van der Waals surface area contributed by atoms with Crippen LogP contribution < -0.4 is 0 Å². The van der Waals surface area contributed by atoms with E-state index in [1.54, 1.807) is 0 Å². The van der Waals surface area contributed by atoms with Crippen molar-refractivity contribution in [2.45, 2.75) is 13.8 Å². The van der Waals surface area contributed by atoms with Crippen molar-refractivity contribution in [2.24, 2.45) is 5.92 Å². The maximum atomic E-state index is 2.20. The zero-order valence-electron chi connectivity index (χ0n) is 7.12. The van der Waals surface area contributed by atoms with Crippen molar-refractivity contribution in [3.05, 3.63) is 48.1 Å². The number of allylic oxidation sites excluding steroid dienone is 8. The Kier molecular flexibility index (Phi) is 2.91. The van der Waals surface area contributed by atoms with Crippen molar-refractivity contribution >= 4 is 0 Å². The standard InChI is InChI=1S/C11H14/c1-10(2)11-8-6-4-3-5-7-9-11/h3-10H,1-2H3/b4-3-,5-3?,6-4?,7-5-,8-6-,9-7?,11-8?,11-9+. The molecular formula is C11H14. The van der Waals surface area contributed by atoms with Crippen LogP contribution in [0.25, 0.3) is 0 Å². The van der Waals surface area contributed by atoms with Crippen molar-refractivity contribution in [3.63, 3.8) is 0 Å². The summed E-state index contributed by atoms with van der Waals surface area (Å²) < 4.78 is 0. The maximum Gasteiger partial charge on any atom is -0.0219 e. The fourth-order valence-electron chi connectivity index (χ4n) is 0.966. The number of rotatable bonds is 1. The molecular weight excluding hydrogens is 132 g/mol. The van der Waals surface area contributed by atoms with Gasteiger partial charge in [-0.15, -0.1) is 0 Å². The topological polar surface area (TPSA) is 0 Å². The maximum absolute atomic E-state index is 2.20. The molecule has 11 heavy (non-hydrogen) atoms. The van der Waals surface area contributed by atoms with Gasteiger partial charge in [0.15, 0.2) is 0 Å². The van der Waals surface area contributed by atoms with Gasteiger partial charge in [-0.05, 0) is 11.5 Å². The van der Waals surface area contributed by atoms with Gasteiger partial charge in [0.25, 0.3) is 0 Å². The Balaban J connectivity index is 2.78. The minimum absolute atomic E-state index is 0.613. The van der Waals surface area contributed by atoms with E-state index in [9.17, 15) is 0 Å². The summed E-state index contributed by atoms with van der Waals surface area (Å²) in [6.45, 7) is 4.41. The fraction of sp³-hybridized carbons (Fsp3) is 0.273. The SMILES string of the molecule is CC(C)C1=C/C=C\C=C/C=C\1. The van der Waals surface area contributed by atoms with E-state index in [4.69, 9.17) is 0 Å². The zero-order chi connectivity index (χ0) is 8.10. The zero-order valence-corrected chi connectivity index (χ0v) is 7.12. The minimum Gasteiger partial charge on any atom is -0.0623 e. The van der Waals surface area contributed by atoms with Gasteiger partial charge in [-0.3, -0.25) is 0 Å². The van der Waals surface area contributed by atoms with Crippen LogP contribution in [0, 0.1) is 5.92 Å². The van der Waals surface area contributed by atoms with Crippen LogP contribution in [0.1, 0.15) is 13.8 Å². The Hall–Kier alpha value is -1.04. The van der Waals surface area contributed by atoms with E-state index in [1.165, 1.54) is 5.57 Å². The van der Waals surface area contributed by atoms with Crippen LogP contribution in [-0.2, 0) is 0 Å². The first-order chi connectivity index (χ1) is 5.30. The van der Waals surface area contributed by atoms with Crippen LogP contribution in [0.4, 0.5) is 0 Å². The molecule has 58 valence electrons. The molecule has 0 heterocycles. The Morgan fingerprint density at radius 1 is 0.909 bits per heavy atom. The molecule has 0 bridgehead atoms. The summed E-state index contributed by atoms with van der Waals surface area (Å²) in [6, 6.07) is 0. The Morgan fingerprint density at radius 2 is 1.55 bits per heavy atom. The van der Waals surface area contributed by atoms with Gasteiger partial charge < -0.3 is 0 Å². The number of hydrogen-bond acceptors (Lipinski definition) is 0. The van der Waals surface area contributed by atoms with E-state index in [1.807, 2.05) is 18.2 Å². The molecule has 0 aliphatic heterocycles. The van der Waals surface area contributed by atoms with Crippen molar-refractivity contribution in [3.8, 4) is 0 Å². The van der Waals surface area contributed by atoms with Crippen LogP contribution in [-0.4, -0.2) is 0 Å². The van der Waals surface area contributed by atoms with E-state index in [-0.39, 0.29) is 0 Å². The summed E-state index contributed by atoms with van der Waals surface area (Å²) in [4.78, 5) is 0. The molecule has 0 spiro atoms. The first-order valence-corrected chi connectivity index (χ1v) is 4.02. The quantitative estimate of drug-likeness (QED) is 0.532. The smallest absolute Gasteiger partial charge is 0.0219 e. The predicted molar refractivity (Wildman–Crippen MR) is 50.3 cm³/mol.